The van der Waals surface area contributed by atoms with Gasteiger partial charge in [-0.2, -0.15) is 0 Å². The summed E-state index contributed by atoms with van der Waals surface area (Å²) in [6.45, 7) is 0.926. The van der Waals surface area contributed by atoms with Crippen molar-refractivity contribution < 1.29 is 17.9 Å². The van der Waals surface area contributed by atoms with Crippen molar-refractivity contribution >= 4 is 10.0 Å². The summed E-state index contributed by atoms with van der Waals surface area (Å²) in [7, 11) is 1.42. The summed E-state index contributed by atoms with van der Waals surface area (Å²) in [5.41, 5.74) is 0.970. The molecule has 0 aromatic heterocycles. The second-order valence-electron chi connectivity index (χ2n) is 3.92. The predicted octanol–water partition coefficient (Wildman–Crippen LogP) is 0.343. The zero-order valence-corrected chi connectivity index (χ0v) is 12.2. The van der Waals surface area contributed by atoms with Crippen LogP contribution in [0.15, 0.2) is 18.2 Å². The summed E-state index contributed by atoms with van der Waals surface area (Å²) in [5.74, 6) is 1.46. The molecule has 0 unspecified atom stereocenters. The van der Waals surface area contributed by atoms with Crippen molar-refractivity contribution in [3.8, 4) is 11.5 Å². The van der Waals surface area contributed by atoms with Crippen LogP contribution < -0.4 is 19.5 Å². The van der Waals surface area contributed by atoms with Gasteiger partial charge in [0.05, 0.1) is 20.0 Å². The van der Waals surface area contributed by atoms with E-state index >= 15 is 0 Å². The molecule has 0 radical (unpaired) electrons. The lowest BCUT2D eigenvalue weighted by atomic mass is 10.2. The smallest absolute Gasteiger partial charge is 0.212 e. The maximum atomic E-state index is 11.2. The maximum Gasteiger partial charge on any atom is 0.212 e. The van der Waals surface area contributed by atoms with Crippen molar-refractivity contribution in [1.29, 1.82) is 0 Å². The lowest BCUT2D eigenvalue weighted by Gasteiger charge is -2.09. The van der Waals surface area contributed by atoms with E-state index in [1.165, 1.54) is 7.05 Å². The van der Waals surface area contributed by atoms with Crippen molar-refractivity contribution in [3.63, 3.8) is 0 Å². The van der Waals surface area contributed by atoms with Crippen molar-refractivity contribution in [2.45, 2.75) is 6.54 Å². The van der Waals surface area contributed by atoms with Gasteiger partial charge < -0.3 is 14.8 Å². The molecule has 0 atom stereocenters. The van der Waals surface area contributed by atoms with E-state index in [0.717, 1.165) is 5.56 Å². The molecule has 0 amide bonds. The van der Waals surface area contributed by atoms with E-state index in [1.54, 1.807) is 20.3 Å². The minimum Gasteiger partial charge on any atom is -0.497 e. The van der Waals surface area contributed by atoms with E-state index in [9.17, 15) is 8.42 Å². The molecule has 0 fully saturated rings. The summed E-state index contributed by atoms with van der Waals surface area (Å²) >= 11 is 0. The number of nitrogens with one attached hydrogen (secondary N) is 2. The normalized spacial score (nSPS) is 11.3. The summed E-state index contributed by atoms with van der Waals surface area (Å²) < 4.78 is 35.0. The van der Waals surface area contributed by atoms with Crippen molar-refractivity contribution in [1.82, 2.24) is 10.0 Å². The van der Waals surface area contributed by atoms with Crippen LogP contribution in [0.5, 0.6) is 11.5 Å². The predicted molar refractivity (Wildman–Crippen MR) is 74.1 cm³/mol. The van der Waals surface area contributed by atoms with Gasteiger partial charge in [-0.3, -0.25) is 0 Å². The van der Waals surface area contributed by atoms with E-state index in [-0.39, 0.29) is 5.75 Å². The minimum atomic E-state index is -3.16. The van der Waals surface area contributed by atoms with E-state index < -0.39 is 10.0 Å². The first-order valence-electron chi connectivity index (χ1n) is 5.84. The zero-order chi connectivity index (χ0) is 14.3. The molecule has 0 heterocycles. The Morgan fingerprint density at radius 2 is 1.68 bits per heavy atom. The van der Waals surface area contributed by atoms with Gasteiger partial charge >= 0.3 is 0 Å². The van der Waals surface area contributed by atoms with Gasteiger partial charge in [0.1, 0.15) is 11.5 Å². The first kappa shape index (κ1) is 15.7. The van der Waals surface area contributed by atoms with Crippen LogP contribution in [-0.4, -0.2) is 42.0 Å². The fourth-order valence-corrected chi connectivity index (χ4v) is 2.13. The van der Waals surface area contributed by atoms with E-state index in [2.05, 4.69) is 10.0 Å². The van der Waals surface area contributed by atoms with Gasteiger partial charge in [-0.25, -0.2) is 13.1 Å². The molecule has 19 heavy (non-hydrogen) atoms. The first-order valence-corrected chi connectivity index (χ1v) is 7.50. The Hall–Kier alpha value is -1.31. The van der Waals surface area contributed by atoms with Crippen LogP contribution >= 0.6 is 0 Å². The van der Waals surface area contributed by atoms with Crippen LogP contribution in [0.1, 0.15) is 5.56 Å². The third-order valence-corrected chi connectivity index (χ3v) is 3.96. The molecule has 1 rings (SSSR count). The first-order chi connectivity index (χ1) is 9.00. The topological polar surface area (TPSA) is 76.7 Å². The Bertz CT molecular complexity index is 480. The molecule has 0 saturated carbocycles. The number of ether oxygens (including phenoxy) is 2. The summed E-state index contributed by atoms with van der Waals surface area (Å²) in [4.78, 5) is 0. The fourth-order valence-electron chi connectivity index (χ4n) is 1.51. The Morgan fingerprint density at radius 3 is 2.16 bits per heavy atom. The van der Waals surface area contributed by atoms with Crippen molar-refractivity contribution in [3.05, 3.63) is 23.8 Å². The summed E-state index contributed by atoms with van der Waals surface area (Å²) in [6.07, 6.45) is 0. The molecular weight excluding hydrogens is 268 g/mol. The molecule has 0 spiro atoms. The van der Waals surface area contributed by atoms with Crippen LogP contribution in [0, 0.1) is 0 Å². The van der Waals surface area contributed by atoms with Crippen LogP contribution in [0.25, 0.3) is 0 Å². The van der Waals surface area contributed by atoms with Crippen molar-refractivity contribution in [2.24, 2.45) is 0 Å². The quantitative estimate of drug-likeness (QED) is 0.675. The Kier molecular flexibility index (Phi) is 6.07. The van der Waals surface area contributed by atoms with E-state index in [1.807, 2.05) is 12.1 Å². The molecule has 0 bridgehead atoms. The van der Waals surface area contributed by atoms with Gasteiger partial charge in [0, 0.05) is 19.2 Å². The average Bonchev–Trinajstić information content (AvgIpc) is 2.43. The molecule has 0 aliphatic rings. The molecule has 7 heteroatoms. The van der Waals surface area contributed by atoms with Crippen molar-refractivity contribution in [2.75, 3.05) is 33.6 Å². The van der Waals surface area contributed by atoms with Crippen LogP contribution in [0.2, 0.25) is 0 Å². The van der Waals surface area contributed by atoms with Gasteiger partial charge in [0.15, 0.2) is 0 Å². The standard InChI is InChI=1S/C12H20N2O4S/c1-13-19(15,16)5-4-14-9-10-6-11(17-2)8-12(7-10)18-3/h6-8,13-14H,4-5,9H2,1-3H3. The highest BCUT2D eigenvalue weighted by Crippen LogP contribution is 2.22. The third kappa shape index (κ3) is 5.46. The Labute approximate surface area is 114 Å². The SMILES string of the molecule is CNS(=O)(=O)CCNCc1cc(OC)cc(OC)c1. The number of hydrogen-bond acceptors (Lipinski definition) is 5. The average molecular weight is 288 g/mol. The van der Waals surface area contributed by atoms with Gasteiger partial charge in [-0.15, -0.1) is 0 Å². The molecule has 0 aliphatic carbocycles. The maximum absolute atomic E-state index is 11.2. The molecule has 2 N–H and O–H groups in total. The summed E-state index contributed by atoms with van der Waals surface area (Å²) in [5, 5.41) is 3.06. The molecular formula is C12H20N2O4S. The highest BCUT2D eigenvalue weighted by Gasteiger charge is 2.06. The molecule has 0 saturated heterocycles. The Balaban J connectivity index is 2.53. The number of sulfonamides is 1. The van der Waals surface area contributed by atoms with Crippen LogP contribution in [-0.2, 0) is 16.6 Å². The molecule has 0 aliphatic heterocycles. The lowest BCUT2D eigenvalue weighted by Crippen LogP contribution is -2.29. The summed E-state index contributed by atoms with van der Waals surface area (Å²) in [6, 6.07) is 5.54. The number of hydrogen-bond donors (Lipinski definition) is 2. The molecule has 1 aromatic rings. The Morgan fingerprint density at radius 1 is 1.11 bits per heavy atom. The second kappa shape index (κ2) is 7.32. The lowest BCUT2D eigenvalue weighted by molar-refractivity contribution is 0.393. The third-order valence-electron chi connectivity index (χ3n) is 2.60. The second-order valence-corrected chi connectivity index (χ2v) is 5.97. The largest absolute Gasteiger partial charge is 0.497 e. The number of methoxy groups -OCH3 is 2. The zero-order valence-electron chi connectivity index (χ0n) is 11.4. The molecule has 1 aromatic carbocycles. The number of rotatable bonds is 8. The fraction of sp³-hybridized carbons (Fsp3) is 0.500. The van der Waals surface area contributed by atoms with Crippen LogP contribution in [0.3, 0.4) is 0 Å². The van der Waals surface area contributed by atoms with Gasteiger partial charge in [0.25, 0.3) is 0 Å². The van der Waals surface area contributed by atoms with E-state index in [0.29, 0.717) is 24.6 Å². The van der Waals surface area contributed by atoms with Gasteiger partial charge in [-0.1, -0.05) is 0 Å². The van der Waals surface area contributed by atoms with Gasteiger partial charge in [-0.05, 0) is 24.7 Å². The monoisotopic (exact) mass is 288 g/mol. The highest BCUT2D eigenvalue weighted by atomic mass is 32.2. The van der Waals surface area contributed by atoms with Gasteiger partial charge in [0.2, 0.25) is 10.0 Å². The molecule has 108 valence electrons. The van der Waals surface area contributed by atoms with E-state index in [4.69, 9.17) is 9.47 Å². The van der Waals surface area contributed by atoms with Crippen LogP contribution in [0.4, 0.5) is 0 Å². The highest BCUT2D eigenvalue weighted by molar-refractivity contribution is 7.89. The number of benzene rings is 1. The molecule has 6 nitrogen and oxygen atoms in total. The minimum absolute atomic E-state index is 0.0462.